The molecule has 0 bridgehead atoms. The maximum Gasteiger partial charge on any atom is 0.252 e. The van der Waals surface area contributed by atoms with Gasteiger partial charge >= 0.3 is 0 Å². The van der Waals surface area contributed by atoms with Gasteiger partial charge in [-0.25, -0.2) is 0 Å². The minimum Gasteiger partial charge on any atom is -0.454 e. The van der Waals surface area contributed by atoms with Crippen molar-refractivity contribution in [3.8, 4) is 0 Å². The maximum atomic E-state index is 7.03. The zero-order valence-electron chi connectivity index (χ0n) is 45.7. The van der Waals surface area contributed by atoms with Crippen molar-refractivity contribution in [1.29, 1.82) is 0 Å². The van der Waals surface area contributed by atoms with Crippen molar-refractivity contribution in [3.05, 3.63) is 191 Å². The Morgan fingerprint density at radius 1 is 0.459 bits per heavy atom. The Morgan fingerprint density at radius 3 is 1.72 bits per heavy atom. The Hall–Kier alpha value is -6.98. The van der Waals surface area contributed by atoms with E-state index in [1.54, 1.807) is 0 Å². The highest BCUT2D eigenvalue weighted by Crippen LogP contribution is 2.54. The van der Waals surface area contributed by atoms with Gasteiger partial charge in [0.15, 0.2) is 5.58 Å². The normalized spacial score (nSPS) is 17.6. The van der Waals surface area contributed by atoms with Crippen LogP contribution in [-0.2, 0) is 27.1 Å². The van der Waals surface area contributed by atoms with E-state index in [0.717, 1.165) is 69.6 Å². The minimum absolute atomic E-state index is 0.0194. The molecule has 3 heterocycles. The van der Waals surface area contributed by atoms with Crippen LogP contribution in [0.2, 0.25) is 0 Å². The SMILES string of the molecule is Cc1cc2c3c(c1)N(c1cccc4c1oc1ccccc14)c1cc(N(c4ccccc4)c4ccc(C(C)(C)C)cc4)ccc1B3c1cc3c(cc1N2c1ccc2c(c1)C(C)(C)CCC2(C)C)C(C)(C)CCC3(C)C. The number of hydrogen-bond acceptors (Lipinski definition) is 4. The molecular weight excluding hydrogens is 898 g/mol. The van der Waals surface area contributed by atoms with Crippen molar-refractivity contribution >= 4 is 96.2 Å². The van der Waals surface area contributed by atoms with Crippen LogP contribution in [0.25, 0.3) is 21.9 Å². The van der Waals surface area contributed by atoms with Crippen molar-refractivity contribution in [3.63, 3.8) is 0 Å². The van der Waals surface area contributed by atoms with Crippen molar-refractivity contribution in [2.75, 3.05) is 14.7 Å². The zero-order chi connectivity index (χ0) is 51.4. The molecule has 0 amide bonds. The molecule has 9 aromatic rings. The Bertz CT molecular complexity index is 3760. The van der Waals surface area contributed by atoms with Crippen LogP contribution in [0, 0.1) is 6.92 Å². The van der Waals surface area contributed by atoms with Crippen molar-refractivity contribution in [2.45, 2.75) is 136 Å². The first-order chi connectivity index (χ1) is 35.2. The first-order valence-corrected chi connectivity index (χ1v) is 27.3. The number of furan rings is 1. The summed E-state index contributed by atoms with van der Waals surface area (Å²) in [6.45, 7) is 28.8. The summed E-state index contributed by atoms with van der Waals surface area (Å²) in [4.78, 5) is 7.66. The molecule has 0 atom stereocenters. The molecule has 0 fully saturated rings. The first-order valence-electron chi connectivity index (χ1n) is 27.3. The molecule has 4 nitrogen and oxygen atoms in total. The fourth-order valence-corrected chi connectivity index (χ4v) is 13.6. The fourth-order valence-electron chi connectivity index (χ4n) is 13.6. The highest BCUT2D eigenvalue weighted by molar-refractivity contribution is 7.00. The van der Waals surface area contributed by atoms with Crippen LogP contribution in [-0.4, -0.2) is 6.71 Å². The number of anilines is 9. The highest BCUT2D eigenvalue weighted by Gasteiger charge is 2.48. The lowest BCUT2D eigenvalue weighted by molar-refractivity contribution is 0.332. The number of nitrogens with zero attached hydrogens (tertiary/aromatic N) is 3. The second-order valence-corrected chi connectivity index (χ2v) is 26.0. The van der Waals surface area contributed by atoms with E-state index < -0.39 is 0 Å². The third-order valence-corrected chi connectivity index (χ3v) is 18.2. The molecular formula is C69H70BN3O. The van der Waals surface area contributed by atoms with Crippen molar-refractivity contribution in [2.24, 2.45) is 0 Å². The molecule has 0 spiro atoms. The lowest BCUT2D eigenvalue weighted by Gasteiger charge is -2.48. The number of para-hydroxylation sites is 3. The molecule has 4 aliphatic rings. The minimum atomic E-state index is -0.0441. The lowest BCUT2D eigenvalue weighted by Crippen LogP contribution is -2.62. The molecule has 370 valence electrons. The zero-order valence-corrected chi connectivity index (χ0v) is 45.7. The van der Waals surface area contributed by atoms with Crippen LogP contribution in [0.3, 0.4) is 0 Å². The molecule has 2 aliphatic carbocycles. The molecule has 74 heavy (non-hydrogen) atoms. The topological polar surface area (TPSA) is 22.9 Å². The Morgan fingerprint density at radius 2 is 1.03 bits per heavy atom. The monoisotopic (exact) mass is 968 g/mol. The number of aryl methyl sites for hydroxylation is 1. The molecule has 0 saturated carbocycles. The molecule has 2 aliphatic heterocycles. The van der Waals surface area contributed by atoms with Gasteiger partial charge in [-0.3, -0.25) is 0 Å². The molecule has 13 rings (SSSR count). The molecule has 8 aromatic carbocycles. The van der Waals surface area contributed by atoms with Crippen LogP contribution >= 0.6 is 0 Å². The predicted octanol–water partition coefficient (Wildman–Crippen LogP) is 17.4. The average Bonchev–Trinajstić information content (AvgIpc) is 3.77. The molecule has 0 unspecified atom stereocenters. The summed E-state index contributed by atoms with van der Waals surface area (Å²) in [5, 5.41) is 2.25. The van der Waals surface area contributed by atoms with E-state index in [1.165, 1.54) is 78.9 Å². The van der Waals surface area contributed by atoms with Gasteiger partial charge in [0.05, 0.1) is 5.69 Å². The van der Waals surface area contributed by atoms with Crippen LogP contribution in [0.15, 0.2) is 162 Å². The smallest absolute Gasteiger partial charge is 0.252 e. The molecule has 5 heteroatoms. The summed E-state index contributed by atoms with van der Waals surface area (Å²) in [6.07, 6.45) is 4.65. The summed E-state index contributed by atoms with van der Waals surface area (Å²) in [6, 6.07) is 60.4. The van der Waals surface area contributed by atoms with Crippen LogP contribution < -0.4 is 31.1 Å². The second-order valence-electron chi connectivity index (χ2n) is 26.0. The maximum absolute atomic E-state index is 7.03. The summed E-state index contributed by atoms with van der Waals surface area (Å²) in [7, 11) is 0. The van der Waals surface area contributed by atoms with Gasteiger partial charge in [0.2, 0.25) is 0 Å². The van der Waals surface area contributed by atoms with E-state index >= 15 is 0 Å². The van der Waals surface area contributed by atoms with Gasteiger partial charge in [0.25, 0.3) is 6.71 Å². The van der Waals surface area contributed by atoms with Gasteiger partial charge in [-0.2, -0.15) is 0 Å². The summed E-state index contributed by atoms with van der Waals surface area (Å²) in [5.74, 6) is 0. The molecule has 0 N–H and O–H groups in total. The second kappa shape index (κ2) is 16.0. The predicted molar refractivity (Wildman–Crippen MR) is 316 cm³/mol. The Balaban J connectivity index is 1.13. The quantitative estimate of drug-likeness (QED) is 0.160. The van der Waals surface area contributed by atoms with E-state index in [9.17, 15) is 0 Å². The summed E-state index contributed by atoms with van der Waals surface area (Å²) >= 11 is 0. The van der Waals surface area contributed by atoms with E-state index in [0.29, 0.717) is 0 Å². The van der Waals surface area contributed by atoms with Gasteiger partial charge in [-0.05, 0) is 188 Å². The van der Waals surface area contributed by atoms with E-state index in [4.69, 9.17) is 4.42 Å². The van der Waals surface area contributed by atoms with Crippen molar-refractivity contribution < 1.29 is 4.42 Å². The third-order valence-electron chi connectivity index (χ3n) is 18.2. The van der Waals surface area contributed by atoms with E-state index in [2.05, 4.69) is 256 Å². The number of benzene rings is 8. The summed E-state index contributed by atoms with van der Waals surface area (Å²) < 4.78 is 7.03. The number of rotatable bonds is 5. The van der Waals surface area contributed by atoms with Gasteiger partial charge in [0, 0.05) is 56.3 Å². The third kappa shape index (κ3) is 7.08. The van der Waals surface area contributed by atoms with Gasteiger partial charge in [-0.15, -0.1) is 0 Å². The Kier molecular flexibility index (Phi) is 10.1. The average molecular weight is 968 g/mol. The van der Waals surface area contributed by atoms with Crippen LogP contribution in [0.4, 0.5) is 51.2 Å². The van der Waals surface area contributed by atoms with Gasteiger partial charge in [-0.1, -0.05) is 155 Å². The first kappa shape index (κ1) is 46.8. The van der Waals surface area contributed by atoms with Crippen LogP contribution in [0.5, 0.6) is 0 Å². The lowest BCUT2D eigenvalue weighted by atomic mass is 9.33. The fraction of sp³-hybridized carbons (Fsp3) is 0.304. The summed E-state index contributed by atoms with van der Waals surface area (Å²) in [5.41, 5.74) is 25.0. The number of fused-ring (bicyclic) bond motifs is 9. The van der Waals surface area contributed by atoms with Gasteiger partial charge < -0.3 is 19.1 Å². The van der Waals surface area contributed by atoms with Crippen LogP contribution in [0.1, 0.15) is 135 Å². The van der Waals surface area contributed by atoms with Crippen molar-refractivity contribution in [1.82, 2.24) is 0 Å². The van der Waals surface area contributed by atoms with Gasteiger partial charge in [0.1, 0.15) is 5.58 Å². The molecule has 0 radical (unpaired) electrons. The molecule has 0 saturated heterocycles. The number of hydrogen-bond donors (Lipinski definition) is 0. The highest BCUT2D eigenvalue weighted by atomic mass is 16.3. The largest absolute Gasteiger partial charge is 0.454 e. The standard InChI is InChI=1S/C69H70BN3O/c1-43-37-60-63-61(38-43)73(57-23-18-22-50-49-21-16-17-24-62(49)74-64(50)57)58-40-48(71(45-19-14-13-15-20-45)46-27-25-44(26-28-46)65(2,3)4)30-32-55(58)70(63)56-41-53-54(69(11,12)36-35-68(53,9)10)42-59(56)72(60)47-29-31-51-52(39-47)67(7,8)34-33-66(51,5)6/h13-32,37-42H,33-36H2,1-12H3. The van der Waals surface area contributed by atoms with E-state index in [1.807, 2.05) is 0 Å². The van der Waals surface area contributed by atoms with E-state index in [-0.39, 0.29) is 33.8 Å². The molecule has 1 aromatic heterocycles. The Labute approximate surface area is 440 Å².